The summed E-state index contributed by atoms with van der Waals surface area (Å²) >= 11 is 0. The van der Waals surface area contributed by atoms with Gasteiger partial charge in [0.2, 0.25) is 0 Å². The van der Waals surface area contributed by atoms with E-state index in [9.17, 15) is 5.11 Å². The van der Waals surface area contributed by atoms with Crippen molar-refractivity contribution in [2.75, 3.05) is 0 Å². The Bertz CT molecular complexity index is 1170. The highest BCUT2D eigenvalue weighted by Gasteiger charge is 2.13. The third kappa shape index (κ3) is 5.09. The number of hydrogen-bond acceptors (Lipinski definition) is 2. The zero-order valence-corrected chi connectivity index (χ0v) is 18.6. The van der Waals surface area contributed by atoms with Gasteiger partial charge in [0.25, 0.3) is 0 Å². The summed E-state index contributed by atoms with van der Waals surface area (Å²) in [5.41, 5.74) is 8.26. The summed E-state index contributed by atoms with van der Waals surface area (Å²) in [6, 6.07) is 34.6. The minimum Gasteiger partial charge on any atom is -0.508 e. The topological polar surface area (TPSA) is 29.5 Å². The quantitative estimate of drug-likeness (QED) is 0.311. The summed E-state index contributed by atoms with van der Waals surface area (Å²) in [7, 11) is 0. The molecule has 2 nitrogen and oxygen atoms in total. The van der Waals surface area contributed by atoms with Gasteiger partial charge in [0.15, 0.2) is 0 Å². The van der Waals surface area contributed by atoms with Crippen LogP contribution < -0.4 is 4.74 Å². The number of aromatic hydroxyl groups is 1. The normalized spacial score (nSPS) is 11.7. The number of phenols is 1. The molecule has 0 spiro atoms. The molecule has 4 aromatic rings. The largest absolute Gasteiger partial charge is 0.508 e. The lowest BCUT2D eigenvalue weighted by molar-refractivity contribution is 0.306. The number of rotatable bonds is 7. The van der Waals surface area contributed by atoms with E-state index in [0.717, 1.165) is 28.9 Å². The van der Waals surface area contributed by atoms with Crippen LogP contribution in [0.2, 0.25) is 0 Å². The molecule has 0 bridgehead atoms. The second-order valence-corrected chi connectivity index (χ2v) is 7.92. The smallest absolute Gasteiger partial charge is 0.119 e. The lowest BCUT2D eigenvalue weighted by atomic mass is 9.88. The highest BCUT2D eigenvalue weighted by molar-refractivity contribution is 5.98. The molecule has 1 N–H and O–H groups in total. The molecule has 4 rings (SSSR count). The molecular weight excluding hydrogens is 392 g/mol. The first kappa shape index (κ1) is 21.5. The molecule has 0 fully saturated rings. The van der Waals surface area contributed by atoms with Crippen molar-refractivity contribution in [2.45, 2.75) is 26.9 Å². The van der Waals surface area contributed by atoms with E-state index in [2.05, 4.69) is 62.4 Å². The highest BCUT2D eigenvalue weighted by atomic mass is 16.5. The first-order chi connectivity index (χ1) is 15.6. The Morgan fingerprint density at radius 2 is 1.25 bits per heavy atom. The fraction of sp³-hybridized carbons (Fsp3) is 0.133. The summed E-state index contributed by atoms with van der Waals surface area (Å²) in [5, 5.41) is 9.81. The van der Waals surface area contributed by atoms with Gasteiger partial charge in [-0.2, -0.15) is 0 Å². The van der Waals surface area contributed by atoms with Crippen LogP contribution in [0.5, 0.6) is 11.5 Å². The van der Waals surface area contributed by atoms with Gasteiger partial charge < -0.3 is 9.84 Å². The minimum absolute atomic E-state index is 0.270. The molecule has 2 heteroatoms. The Hall–Kier alpha value is -3.78. The minimum atomic E-state index is 0.270. The van der Waals surface area contributed by atoms with Crippen LogP contribution in [0.15, 0.2) is 103 Å². The van der Waals surface area contributed by atoms with E-state index in [1.807, 2.05) is 42.5 Å². The molecular formula is C30H28O2. The zero-order valence-electron chi connectivity index (χ0n) is 18.6. The van der Waals surface area contributed by atoms with Crippen LogP contribution in [0.25, 0.3) is 11.1 Å². The summed E-state index contributed by atoms with van der Waals surface area (Å²) in [6.07, 6.45) is 0.894. The molecule has 0 radical (unpaired) electrons. The molecule has 0 atom stereocenters. The van der Waals surface area contributed by atoms with Gasteiger partial charge >= 0.3 is 0 Å². The molecule has 0 aliphatic heterocycles. The third-order valence-electron chi connectivity index (χ3n) is 5.60. The van der Waals surface area contributed by atoms with E-state index in [-0.39, 0.29) is 5.75 Å². The average molecular weight is 421 g/mol. The average Bonchev–Trinajstić information content (AvgIpc) is 2.84. The molecule has 32 heavy (non-hydrogen) atoms. The van der Waals surface area contributed by atoms with Gasteiger partial charge in [-0.25, -0.2) is 0 Å². The maximum atomic E-state index is 9.81. The second-order valence-electron chi connectivity index (χ2n) is 7.92. The fourth-order valence-electron chi connectivity index (χ4n) is 3.88. The molecule has 0 saturated heterocycles. The Kier molecular flexibility index (Phi) is 6.72. The molecule has 0 amide bonds. The van der Waals surface area contributed by atoms with Crippen molar-refractivity contribution in [3.63, 3.8) is 0 Å². The summed E-state index contributed by atoms with van der Waals surface area (Å²) < 4.78 is 5.98. The lowest BCUT2D eigenvalue weighted by Gasteiger charge is -2.17. The summed E-state index contributed by atoms with van der Waals surface area (Å²) in [4.78, 5) is 0. The fourth-order valence-corrected chi connectivity index (χ4v) is 3.88. The Labute approximate surface area is 190 Å². The molecule has 160 valence electrons. The first-order valence-electron chi connectivity index (χ1n) is 11.0. The number of allylic oxidation sites excluding steroid dienone is 1. The van der Waals surface area contributed by atoms with Gasteiger partial charge in [-0.3, -0.25) is 0 Å². The van der Waals surface area contributed by atoms with Crippen LogP contribution >= 0.6 is 0 Å². The van der Waals surface area contributed by atoms with Crippen molar-refractivity contribution in [2.24, 2.45) is 0 Å². The Morgan fingerprint density at radius 1 is 0.688 bits per heavy atom. The van der Waals surface area contributed by atoms with Gasteiger partial charge in [-0.15, -0.1) is 0 Å². The van der Waals surface area contributed by atoms with Gasteiger partial charge in [0.1, 0.15) is 18.1 Å². The Balaban J connectivity index is 1.71. The zero-order chi connectivity index (χ0) is 22.3. The maximum Gasteiger partial charge on any atom is 0.119 e. The number of phenolic OH excluding ortho intramolecular Hbond substituents is 1. The van der Waals surface area contributed by atoms with Gasteiger partial charge in [0, 0.05) is 0 Å². The second kappa shape index (κ2) is 10.0. The van der Waals surface area contributed by atoms with Crippen LogP contribution in [0, 0.1) is 6.92 Å². The lowest BCUT2D eigenvalue weighted by Crippen LogP contribution is -1.97. The molecule has 4 aromatic carbocycles. The van der Waals surface area contributed by atoms with Crippen molar-refractivity contribution < 1.29 is 9.84 Å². The Morgan fingerprint density at radius 3 is 1.84 bits per heavy atom. The van der Waals surface area contributed by atoms with E-state index < -0.39 is 0 Å². The van der Waals surface area contributed by atoms with E-state index in [1.54, 1.807) is 12.1 Å². The third-order valence-corrected chi connectivity index (χ3v) is 5.60. The van der Waals surface area contributed by atoms with Crippen LogP contribution in [0.4, 0.5) is 0 Å². The molecule has 0 unspecified atom stereocenters. The van der Waals surface area contributed by atoms with Crippen molar-refractivity contribution in [1.82, 2.24) is 0 Å². The van der Waals surface area contributed by atoms with Gasteiger partial charge in [0.05, 0.1) is 0 Å². The predicted molar refractivity (Wildman–Crippen MR) is 133 cm³/mol. The predicted octanol–water partition coefficient (Wildman–Crippen LogP) is 7.65. The summed E-state index contributed by atoms with van der Waals surface area (Å²) in [5.74, 6) is 1.11. The molecule has 0 aliphatic carbocycles. The van der Waals surface area contributed by atoms with Crippen LogP contribution in [0.1, 0.15) is 41.2 Å². The van der Waals surface area contributed by atoms with Crippen molar-refractivity contribution in [1.29, 1.82) is 0 Å². The molecule has 0 heterocycles. The molecule has 0 aromatic heterocycles. The summed E-state index contributed by atoms with van der Waals surface area (Å²) in [6.45, 7) is 4.84. The van der Waals surface area contributed by atoms with Crippen LogP contribution in [-0.4, -0.2) is 5.11 Å². The van der Waals surface area contributed by atoms with E-state index in [0.29, 0.717) is 6.61 Å². The monoisotopic (exact) mass is 420 g/mol. The van der Waals surface area contributed by atoms with Gasteiger partial charge in [-0.05, 0) is 71.0 Å². The van der Waals surface area contributed by atoms with Crippen molar-refractivity contribution >= 4 is 11.1 Å². The van der Waals surface area contributed by atoms with Gasteiger partial charge in [-0.1, -0.05) is 91.3 Å². The number of ether oxygens (including phenoxy) is 1. The van der Waals surface area contributed by atoms with E-state index >= 15 is 0 Å². The standard InChI is InChI=1S/C30H28O2/c1-3-29(24-11-9-22(2)10-12-24)30(25-13-17-27(31)18-14-25)26-15-19-28(20-16-26)32-21-23-7-5-4-6-8-23/h4-20,31H,3,21H2,1-2H3/b30-29+. The number of benzene rings is 4. The highest BCUT2D eigenvalue weighted by Crippen LogP contribution is 2.35. The van der Waals surface area contributed by atoms with Crippen LogP contribution in [-0.2, 0) is 6.61 Å². The van der Waals surface area contributed by atoms with Crippen molar-refractivity contribution in [3.8, 4) is 11.5 Å². The first-order valence-corrected chi connectivity index (χ1v) is 11.0. The van der Waals surface area contributed by atoms with E-state index in [1.165, 1.54) is 22.3 Å². The maximum absolute atomic E-state index is 9.81. The molecule has 0 saturated carbocycles. The van der Waals surface area contributed by atoms with Crippen molar-refractivity contribution in [3.05, 3.63) is 131 Å². The number of hydrogen-bond donors (Lipinski definition) is 1. The number of aryl methyl sites for hydroxylation is 1. The molecule has 0 aliphatic rings. The van der Waals surface area contributed by atoms with Crippen LogP contribution in [0.3, 0.4) is 0 Å². The van der Waals surface area contributed by atoms with E-state index in [4.69, 9.17) is 4.74 Å². The SMILES string of the molecule is CC/C(=C(/c1ccc(O)cc1)c1ccc(OCc2ccccc2)cc1)c1ccc(C)cc1.